The number of aliphatic hydroxyl groups is 5. The first-order valence-corrected chi connectivity index (χ1v) is 21.1. The van der Waals surface area contributed by atoms with Crippen molar-refractivity contribution in [2.45, 2.75) is 204 Å². The van der Waals surface area contributed by atoms with E-state index in [0.717, 1.165) is 57.8 Å². The van der Waals surface area contributed by atoms with E-state index >= 15 is 0 Å². The lowest BCUT2D eigenvalue weighted by molar-refractivity contribution is -0.336. The van der Waals surface area contributed by atoms with Crippen molar-refractivity contribution in [2.75, 3.05) is 6.61 Å². The molecule has 21 atom stereocenters. The molecule has 5 N–H and O–H groups in total. The topological polar surface area (TPSA) is 183 Å². The summed E-state index contributed by atoms with van der Waals surface area (Å²) in [5.41, 5.74) is -0.728. The molecule has 8 rings (SSSR count). The molecule has 0 bridgehead atoms. The second-order valence-corrected chi connectivity index (χ2v) is 19.1. The predicted octanol–water partition coefficient (Wildman–Crippen LogP) is 3.33. The number of carbonyl (C=O) groups excluding carboxylic acids is 1. The number of carbonyl (C=O) groups is 1. The highest BCUT2D eigenvalue weighted by Gasteiger charge is 2.68. The van der Waals surface area contributed by atoms with Crippen molar-refractivity contribution in [3.05, 3.63) is 0 Å². The largest absolute Gasteiger partial charge is 0.465 e. The van der Waals surface area contributed by atoms with Gasteiger partial charge >= 0.3 is 5.97 Å². The summed E-state index contributed by atoms with van der Waals surface area (Å²) in [5, 5.41) is 55.0. The number of fused-ring (bicyclic) bond motifs is 5. The smallest absolute Gasteiger partial charge is 0.306 e. The Morgan fingerprint density at radius 1 is 0.648 bits per heavy atom. The summed E-state index contributed by atoms with van der Waals surface area (Å²) >= 11 is 0. The van der Waals surface area contributed by atoms with Gasteiger partial charge in [-0.2, -0.15) is 0 Å². The number of rotatable bonds is 7. The molecule has 0 amide bonds. The van der Waals surface area contributed by atoms with Crippen molar-refractivity contribution in [1.82, 2.24) is 0 Å². The van der Waals surface area contributed by atoms with Crippen LogP contribution in [0.1, 0.15) is 118 Å². The Morgan fingerprint density at radius 3 is 1.83 bits per heavy atom. The maximum Gasteiger partial charge on any atom is 0.306 e. The molecule has 13 nitrogen and oxygen atoms in total. The zero-order chi connectivity index (χ0) is 38.3. The van der Waals surface area contributed by atoms with Gasteiger partial charge in [0, 0.05) is 25.2 Å². The molecule has 0 spiro atoms. The highest BCUT2D eigenvalue weighted by molar-refractivity contribution is 5.71. The van der Waals surface area contributed by atoms with E-state index in [1.807, 2.05) is 6.92 Å². The van der Waals surface area contributed by atoms with Crippen molar-refractivity contribution in [3.8, 4) is 0 Å². The molecule has 13 heteroatoms. The van der Waals surface area contributed by atoms with Gasteiger partial charge in [-0.05, 0) is 113 Å². The molecule has 0 radical (unpaired) electrons. The van der Waals surface area contributed by atoms with Gasteiger partial charge in [0.25, 0.3) is 0 Å². The molecular formula is C41H66O13. The minimum absolute atomic E-state index is 0.0318. The van der Waals surface area contributed by atoms with Crippen molar-refractivity contribution in [1.29, 1.82) is 0 Å². The van der Waals surface area contributed by atoms with Crippen LogP contribution in [-0.4, -0.2) is 124 Å². The molecule has 0 aromatic heterocycles. The van der Waals surface area contributed by atoms with E-state index in [0.29, 0.717) is 30.8 Å². The van der Waals surface area contributed by atoms with Gasteiger partial charge in [0.2, 0.25) is 0 Å². The van der Waals surface area contributed by atoms with Crippen LogP contribution in [0.3, 0.4) is 0 Å². The summed E-state index contributed by atoms with van der Waals surface area (Å²) in [6.45, 7) is 10.6. The summed E-state index contributed by atoms with van der Waals surface area (Å²) in [6.07, 6.45) is 1.01. The van der Waals surface area contributed by atoms with E-state index in [1.165, 1.54) is 0 Å². The van der Waals surface area contributed by atoms with Crippen molar-refractivity contribution in [3.63, 3.8) is 0 Å². The standard InChI is InChI=1S/C41H66O13/c1-20-36(46)29(42)16-34(49-20)53-38-22(3)51-35(18-31(38)44)54-37-21(2)50-33(17-30(37)43)52-25-8-11-39(4)24(15-25)6-7-28-27(39)9-12-40(5)26(10-13-41(28,40)47)23-14-32(45)48-19-23/h20-31,33-38,42-44,46-47H,6-19H2,1-5H3/t20-,21-,22-,23+,24-,25+,26-,27+,28-,29+,30+,31+,33+,34+,35+,36-,37-,38-,39+,40-,41+/m1/s1. The summed E-state index contributed by atoms with van der Waals surface area (Å²) in [7, 11) is 0. The average Bonchev–Trinajstić information content (AvgIpc) is 3.66. The molecule has 8 fully saturated rings. The zero-order valence-electron chi connectivity index (χ0n) is 32.8. The molecule has 4 aliphatic carbocycles. The fourth-order valence-corrected chi connectivity index (χ4v) is 13.2. The molecule has 8 aliphatic rings. The first-order chi connectivity index (χ1) is 25.6. The van der Waals surface area contributed by atoms with Gasteiger partial charge in [0.15, 0.2) is 18.9 Å². The minimum atomic E-state index is -0.994. The van der Waals surface area contributed by atoms with Gasteiger partial charge in [-0.1, -0.05) is 13.8 Å². The third-order valence-corrected chi connectivity index (χ3v) is 16.3. The van der Waals surface area contributed by atoms with Crippen molar-refractivity contribution < 1.29 is 63.5 Å². The number of hydrogen-bond donors (Lipinski definition) is 5. The number of hydrogen-bond acceptors (Lipinski definition) is 13. The highest BCUT2D eigenvalue weighted by atomic mass is 16.7. The first kappa shape index (κ1) is 39.8. The predicted molar refractivity (Wildman–Crippen MR) is 191 cm³/mol. The van der Waals surface area contributed by atoms with Crippen LogP contribution in [0.5, 0.6) is 0 Å². The van der Waals surface area contributed by atoms with Gasteiger partial charge in [0.05, 0.1) is 61.4 Å². The average molecular weight is 767 g/mol. The molecule has 4 saturated heterocycles. The fraction of sp³-hybridized carbons (Fsp3) is 0.976. The molecule has 4 saturated carbocycles. The lowest BCUT2D eigenvalue weighted by Gasteiger charge is -2.64. The van der Waals surface area contributed by atoms with Gasteiger partial charge in [-0.15, -0.1) is 0 Å². The van der Waals surface area contributed by atoms with Crippen LogP contribution in [-0.2, 0) is 38.0 Å². The number of cyclic esters (lactones) is 1. The quantitative estimate of drug-likeness (QED) is 0.188. The third-order valence-electron chi connectivity index (χ3n) is 16.3. The van der Waals surface area contributed by atoms with Crippen LogP contribution in [0.15, 0.2) is 0 Å². The molecule has 0 aromatic rings. The Kier molecular flexibility index (Phi) is 11.1. The van der Waals surface area contributed by atoms with Crippen LogP contribution in [0.4, 0.5) is 0 Å². The van der Waals surface area contributed by atoms with E-state index in [9.17, 15) is 30.3 Å². The normalized spacial score (nSPS) is 56.4. The summed E-state index contributed by atoms with van der Waals surface area (Å²) < 4.78 is 42.3. The van der Waals surface area contributed by atoms with E-state index in [1.54, 1.807) is 13.8 Å². The van der Waals surface area contributed by atoms with E-state index < -0.39 is 79.4 Å². The van der Waals surface area contributed by atoms with Crippen LogP contribution >= 0.6 is 0 Å². The van der Waals surface area contributed by atoms with Crippen LogP contribution < -0.4 is 0 Å². The fourth-order valence-electron chi connectivity index (χ4n) is 13.2. The second-order valence-electron chi connectivity index (χ2n) is 19.1. The molecule has 4 heterocycles. The van der Waals surface area contributed by atoms with E-state index in [-0.39, 0.29) is 54.0 Å². The second kappa shape index (κ2) is 15.0. The number of esters is 1. The van der Waals surface area contributed by atoms with Gasteiger partial charge in [-0.3, -0.25) is 4.79 Å². The van der Waals surface area contributed by atoms with E-state index in [4.69, 9.17) is 33.2 Å². The maximum atomic E-state index is 12.6. The molecule has 0 aromatic carbocycles. The minimum Gasteiger partial charge on any atom is -0.465 e. The molecule has 4 aliphatic heterocycles. The summed E-state index contributed by atoms with van der Waals surface area (Å²) in [4.78, 5) is 12.0. The Hall–Kier alpha value is -0.970. The summed E-state index contributed by atoms with van der Waals surface area (Å²) in [6, 6.07) is 0. The van der Waals surface area contributed by atoms with E-state index in [2.05, 4.69) is 13.8 Å². The molecule has 308 valence electrons. The lowest BCUT2D eigenvalue weighted by Crippen LogP contribution is -2.62. The molecular weight excluding hydrogens is 700 g/mol. The Morgan fingerprint density at radius 2 is 1.24 bits per heavy atom. The third kappa shape index (κ3) is 6.90. The maximum absolute atomic E-state index is 12.6. The zero-order valence-corrected chi connectivity index (χ0v) is 32.8. The first-order valence-electron chi connectivity index (χ1n) is 21.1. The van der Waals surface area contributed by atoms with Crippen LogP contribution in [0, 0.1) is 40.4 Å². The highest BCUT2D eigenvalue weighted by Crippen LogP contribution is 2.70. The number of aliphatic hydroxyl groups excluding tert-OH is 4. The van der Waals surface area contributed by atoms with Crippen molar-refractivity contribution >= 4 is 5.97 Å². The van der Waals surface area contributed by atoms with Crippen LogP contribution in [0.2, 0.25) is 0 Å². The van der Waals surface area contributed by atoms with Crippen LogP contribution in [0.25, 0.3) is 0 Å². The van der Waals surface area contributed by atoms with Gasteiger partial charge in [-0.25, -0.2) is 0 Å². The Labute approximate surface area is 319 Å². The van der Waals surface area contributed by atoms with Gasteiger partial charge < -0.3 is 58.7 Å². The number of ether oxygens (including phenoxy) is 7. The monoisotopic (exact) mass is 766 g/mol. The SMILES string of the molecule is C[C@H]1O[C@@H](O[C@H]2[C@@H](O)C[C@H](O[C@H]3[C@@H](O)C[C@H](O[C@H]4CC[C@@]5(C)[C@H](CC[C@@H]6[C@@H]5CC[C@]5(C)[C@@H]([C@@H]7COC(=O)C7)CC[C@]65O)C4)O[C@@H]3C)O[C@@H]2C)C[C@H](O)[C@@H]1O. The Bertz CT molecular complexity index is 1320. The molecule has 54 heavy (non-hydrogen) atoms. The van der Waals surface area contributed by atoms with Gasteiger partial charge in [0.1, 0.15) is 18.3 Å². The van der Waals surface area contributed by atoms with Crippen molar-refractivity contribution in [2.24, 2.45) is 40.4 Å². The lowest BCUT2D eigenvalue weighted by atomic mass is 9.43. The Balaban J connectivity index is 0.823. The summed E-state index contributed by atoms with van der Waals surface area (Å²) in [5.74, 6) is 1.72. The molecule has 0 unspecified atom stereocenters.